The van der Waals surface area contributed by atoms with Crippen molar-refractivity contribution in [2.75, 3.05) is 18.1 Å². The number of benzene rings is 1. The van der Waals surface area contributed by atoms with E-state index in [1.807, 2.05) is 11.4 Å². The van der Waals surface area contributed by atoms with E-state index in [0.29, 0.717) is 12.2 Å². The maximum Gasteiger partial charge on any atom is 0.319 e. The molecule has 0 bridgehead atoms. The molecular formula is C16H20N2O2S2. The fourth-order valence-corrected chi connectivity index (χ4v) is 3.33. The molecule has 0 saturated carbocycles. The lowest BCUT2D eigenvalue weighted by atomic mass is 9.91. The molecule has 2 rings (SSSR count). The van der Waals surface area contributed by atoms with E-state index >= 15 is 0 Å². The first-order valence-electron chi connectivity index (χ1n) is 6.91. The summed E-state index contributed by atoms with van der Waals surface area (Å²) in [6.07, 6.45) is 1.63. The molecule has 1 aromatic carbocycles. The third-order valence-electron chi connectivity index (χ3n) is 3.32. The number of carbonyl (C=O) groups excluding carboxylic acids is 1. The fourth-order valence-electron chi connectivity index (χ4n) is 1.96. The molecule has 2 N–H and O–H groups in total. The van der Waals surface area contributed by atoms with Gasteiger partial charge in [0, 0.05) is 44.5 Å². The summed E-state index contributed by atoms with van der Waals surface area (Å²) in [5.74, 6) is 0. The Labute approximate surface area is 137 Å². The highest BCUT2D eigenvalue weighted by molar-refractivity contribution is 7.84. The zero-order chi connectivity index (χ0) is 16.2. The van der Waals surface area contributed by atoms with Crippen molar-refractivity contribution < 1.29 is 9.00 Å². The van der Waals surface area contributed by atoms with E-state index in [2.05, 4.69) is 30.5 Å². The minimum atomic E-state index is -1.01. The lowest BCUT2D eigenvalue weighted by Crippen LogP contribution is -2.38. The van der Waals surface area contributed by atoms with Gasteiger partial charge >= 0.3 is 6.03 Å². The third kappa shape index (κ3) is 4.42. The number of rotatable bonds is 5. The van der Waals surface area contributed by atoms with E-state index in [4.69, 9.17) is 0 Å². The quantitative estimate of drug-likeness (QED) is 0.877. The van der Waals surface area contributed by atoms with Crippen LogP contribution in [0.4, 0.5) is 10.5 Å². The van der Waals surface area contributed by atoms with Crippen LogP contribution in [0, 0.1) is 0 Å². The number of hydrogen-bond donors (Lipinski definition) is 2. The monoisotopic (exact) mass is 336 g/mol. The number of amides is 2. The van der Waals surface area contributed by atoms with Crippen LogP contribution in [0.3, 0.4) is 0 Å². The molecule has 0 aliphatic heterocycles. The minimum absolute atomic E-state index is 0.103. The molecule has 22 heavy (non-hydrogen) atoms. The van der Waals surface area contributed by atoms with Gasteiger partial charge in [-0.25, -0.2) is 4.79 Å². The van der Waals surface area contributed by atoms with Crippen LogP contribution in [0.2, 0.25) is 0 Å². The predicted molar refractivity (Wildman–Crippen MR) is 93.1 cm³/mol. The van der Waals surface area contributed by atoms with Gasteiger partial charge in [-0.1, -0.05) is 19.9 Å². The van der Waals surface area contributed by atoms with Crippen molar-refractivity contribution in [1.82, 2.24) is 5.32 Å². The number of carbonyl (C=O) groups is 1. The van der Waals surface area contributed by atoms with Gasteiger partial charge in [-0.15, -0.1) is 11.3 Å². The van der Waals surface area contributed by atoms with Crippen molar-refractivity contribution >= 4 is 33.9 Å². The Hall–Kier alpha value is -1.66. The maximum atomic E-state index is 12.0. The average Bonchev–Trinajstić information content (AvgIpc) is 3.01. The molecule has 1 atom stereocenters. The molecule has 2 aromatic rings. The van der Waals surface area contributed by atoms with Gasteiger partial charge in [0.15, 0.2) is 0 Å². The summed E-state index contributed by atoms with van der Waals surface area (Å²) < 4.78 is 11.3. The van der Waals surface area contributed by atoms with Gasteiger partial charge in [0.25, 0.3) is 0 Å². The standard InChI is InChI=1S/C16H20N2O2S2/c1-16(2,14-5-4-10-21-14)11-17-15(19)18-12-6-8-13(9-7-12)22(3)20/h4-10H,11H2,1-3H3,(H2,17,18,19)/t22-/m1/s1. The molecule has 1 aromatic heterocycles. The van der Waals surface area contributed by atoms with E-state index in [0.717, 1.165) is 4.90 Å². The summed E-state index contributed by atoms with van der Waals surface area (Å²) in [5.41, 5.74) is 0.578. The topological polar surface area (TPSA) is 58.2 Å². The highest BCUT2D eigenvalue weighted by Gasteiger charge is 2.22. The molecule has 4 nitrogen and oxygen atoms in total. The highest BCUT2D eigenvalue weighted by Crippen LogP contribution is 2.26. The van der Waals surface area contributed by atoms with Crippen LogP contribution in [-0.2, 0) is 16.2 Å². The van der Waals surface area contributed by atoms with Gasteiger partial charge < -0.3 is 10.6 Å². The van der Waals surface area contributed by atoms with Gasteiger partial charge in [-0.3, -0.25) is 4.21 Å². The smallest absolute Gasteiger partial charge is 0.319 e. The largest absolute Gasteiger partial charge is 0.337 e. The van der Waals surface area contributed by atoms with Gasteiger partial charge in [0.05, 0.1) is 0 Å². The average molecular weight is 336 g/mol. The second kappa shape index (κ2) is 7.07. The van der Waals surface area contributed by atoms with Crippen LogP contribution in [0.25, 0.3) is 0 Å². The Balaban J connectivity index is 1.89. The lowest BCUT2D eigenvalue weighted by molar-refractivity contribution is 0.250. The summed E-state index contributed by atoms with van der Waals surface area (Å²) in [7, 11) is -1.01. The van der Waals surface area contributed by atoms with E-state index in [-0.39, 0.29) is 11.4 Å². The first-order chi connectivity index (χ1) is 10.4. The molecule has 6 heteroatoms. The van der Waals surface area contributed by atoms with Crippen LogP contribution in [-0.4, -0.2) is 23.0 Å². The summed E-state index contributed by atoms with van der Waals surface area (Å²) in [6, 6.07) is 10.9. The first kappa shape index (κ1) is 16.7. The molecule has 0 unspecified atom stereocenters. The van der Waals surface area contributed by atoms with Gasteiger partial charge in [-0.05, 0) is 35.7 Å². The van der Waals surface area contributed by atoms with Crippen molar-refractivity contribution in [2.45, 2.75) is 24.2 Å². The van der Waals surface area contributed by atoms with Gasteiger partial charge in [-0.2, -0.15) is 0 Å². The summed E-state index contributed by atoms with van der Waals surface area (Å²) in [6.45, 7) is 4.76. The molecule has 0 spiro atoms. The van der Waals surface area contributed by atoms with Crippen LogP contribution >= 0.6 is 11.3 Å². The Morgan fingerprint density at radius 3 is 2.45 bits per heavy atom. The van der Waals surface area contributed by atoms with Crippen molar-refractivity contribution in [1.29, 1.82) is 0 Å². The number of urea groups is 1. The molecule has 118 valence electrons. The Morgan fingerprint density at radius 1 is 1.23 bits per heavy atom. The number of thiophene rings is 1. The van der Waals surface area contributed by atoms with Crippen LogP contribution < -0.4 is 10.6 Å². The van der Waals surface area contributed by atoms with Crippen LogP contribution in [0.5, 0.6) is 0 Å². The normalized spacial score (nSPS) is 12.7. The zero-order valence-electron chi connectivity index (χ0n) is 12.9. The maximum absolute atomic E-state index is 12.0. The molecular weight excluding hydrogens is 316 g/mol. The van der Waals surface area contributed by atoms with Crippen LogP contribution in [0.1, 0.15) is 18.7 Å². The molecule has 0 saturated heterocycles. The summed E-state index contributed by atoms with van der Waals surface area (Å²) >= 11 is 1.69. The van der Waals surface area contributed by atoms with Gasteiger partial charge in [0.2, 0.25) is 0 Å². The van der Waals surface area contributed by atoms with E-state index in [9.17, 15) is 9.00 Å². The van der Waals surface area contributed by atoms with E-state index < -0.39 is 10.8 Å². The molecule has 1 heterocycles. The molecule has 0 fully saturated rings. The number of nitrogens with one attached hydrogen (secondary N) is 2. The third-order valence-corrected chi connectivity index (χ3v) is 5.50. The van der Waals surface area contributed by atoms with E-state index in [1.54, 1.807) is 41.9 Å². The highest BCUT2D eigenvalue weighted by atomic mass is 32.2. The second-order valence-electron chi connectivity index (χ2n) is 5.65. The molecule has 2 amide bonds. The lowest BCUT2D eigenvalue weighted by Gasteiger charge is -2.23. The van der Waals surface area contributed by atoms with Crippen molar-refractivity contribution in [3.63, 3.8) is 0 Å². The van der Waals surface area contributed by atoms with Crippen LogP contribution in [0.15, 0.2) is 46.7 Å². The molecule has 0 aliphatic rings. The first-order valence-corrected chi connectivity index (χ1v) is 9.34. The van der Waals surface area contributed by atoms with Crippen molar-refractivity contribution in [2.24, 2.45) is 0 Å². The number of anilines is 1. The van der Waals surface area contributed by atoms with Gasteiger partial charge in [0.1, 0.15) is 0 Å². The van der Waals surface area contributed by atoms with Crippen molar-refractivity contribution in [3.05, 3.63) is 46.7 Å². The summed E-state index contributed by atoms with van der Waals surface area (Å²) in [5, 5.41) is 7.71. The molecule has 0 aliphatic carbocycles. The van der Waals surface area contributed by atoms with E-state index in [1.165, 1.54) is 4.88 Å². The summed E-state index contributed by atoms with van der Waals surface area (Å²) in [4.78, 5) is 13.9. The fraction of sp³-hybridized carbons (Fsp3) is 0.312. The predicted octanol–water partition coefficient (Wildman–Crippen LogP) is 3.58. The zero-order valence-corrected chi connectivity index (χ0v) is 14.5. The second-order valence-corrected chi connectivity index (χ2v) is 7.97. The number of hydrogen-bond acceptors (Lipinski definition) is 3. The Morgan fingerprint density at radius 2 is 1.91 bits per heavy atom. The molecule has 0 radical (unpaired) electrons. The Bertz CT molecular complexity index is 649. The van der Waals surface area contributed by atoms with Crippen molar-refractivity contribution in [3.8, 4) is 0 Å². The Kier molecular flexibility index (Phi) is 5.37. The SMILES string of the molecule is C[S@@](=O)c1ccc(NC(=O)NCC(C)(C)c2cccs2)cc1. The minimum Gasteiger partial charge on any atom is -0.337 e.